The number of anilines is 1. The van der Waals surface area contributed by atoms with E-state index >= 15 is 0 Å². The van der Waals surface area contributed by atoms with E-state index in [0.717, 1.165) is 17.7 Å². The Balaban J connectivity index is 1.93. The first-order chi connectivity index (χ1) is 12.4. The SMILES string of the molecule is CCC(C)OC(=O)C(C)Oc1ccc(C(=O)Nc2ccc(C)cc2)cc1. The molecular weight excluding hydrogens is 330 g/mol. The maximum absolute atomic E-state index is 12.3. The Hall–Kier alpha value is -2.82. The highest BCUT2D eigenvalue weighted by molar-refractivity contribution is 6.04. The van der Waals surface area contributed by atoms with Crippen molar-refractivity contribution in [1.82, 2.24) is 0 Å². The number of nitrogens with one attached hydrogen (secondary N) is 1. The average Bonchev–Trinajstić information content (AvgIpc) is 2.63. The van der Waals surface area contributed by atoms with Crippen molar-refractivity contribution < 1.29 is 19.1 Å². The van der Waals surface area contributed by atoms with E-state index in [1.807, 2.05) is 45.0 Å². The zero-order valence-corrected chi connectivity index (χ0v) is 15.6. The Kier molecular flexibility index (Phi) is 6.78. The lowest BCUT2D eigenvalue weighted by Gasteiger charge is -2.17. The molecule has 0 heterocycles. The third-order valence-corrected chi connectivity index (χ3v) is 3.96. The predicted octanol–water partition coefficient (Wildman–Crippen LogP) is 4.36. The molecule has 2 atom stereocenters. The molecule has 0 aromatic heterocycles. The van der Waals surface area contributed by atoms with Crippen molar-refractivity contribution in [2.45, 2.75) is 46.3 Å². The number of ether oxygens (including phenoxy) is 2. The molecular formula is C21H25NO4. The normalized spacial score (nSPS) is 12.8. The molecule has 1 amide bonds. The maximum atomic E-state index is 12.3. The summed E-state index contributed by atoms with van der Waals surface area (Å²) >= 11 is 0. The molecule has 0 aliphatic carbocycles. The minimum Gasteiger partial charge on any atom is -0.479 e. The molecule has 0 saturated carbocycles. The Morgan fingerprint density at radius 3 is 2.19 bits per heavy atom. The Bertz CT molecular complexity index is 738. The number of carbonyl (C=O) groups excluding carboxylic acids is 2. The second-order valence-electron chi connectivity index (χ2n) is 6.26. The van der Waals surface area contributed by atoms with Crippen LogP contribution in [0.5, 0.6) is 5.75 Å². The van der Waals surface area contributed by atoms with E-state index < -0.39 is 12.1 Å². The minimum absolute atomic E-state index is 0.138. The zero-order chi connectivity index (χ0) is 19.1. The number of benzene rings is 2. The first-order valence-electron chi connectivity index (χ1n) is 8.74. The fraction of sp³-hybridized carbons (Fsp3) is 0.333. The first kappa shape index (κ1) is 19.5. The topological polar surface area (TPSA) is 64.6 Å². The van der Waals surface area contributed by atoms with Gasteiger partial charge in [-0.25, -0.2) is 4.79 Å². The number of aryl methyl sites for hydroxylation is 1. The van der Waals surface area contributed by atoms with Gasteiger partial charge in [-0.05, 0) is 63.6 Å². The molecule has 138 valence electrons. The third-order valence-electron chi connectivity index (χ3n) is 3.96. The standard InChI is InChI=1S/C21H25NO4/c1-5-15(3)25-21(24)16(4)26-19-12-8-17(9-13-19)20(23)22-18-10-6-14(2)7-11-18/h6-13,15-16H,5H2,1-4H3,(H,22,23). The molecule has 0 aliphatic rings. The fourth-order valence-electron chi connectivity index (χ4n) is 2.15. The number of hydrogen-bond donors (Lipinski definition) is 1. The summed E-state index contributed by atoms with van der Waals surface area (Å²) in [5.41, 5.74) is 2.38. The summed E-state index contributed by atoms with van der Waals surface area (Å²) in [7, 11) is 0. The lowest BCUT2D eigenvalue weighted by atomic mass is 10.2. The van der Waals surface area contributed by atoms with E-state index in [1.165, 1.54) is 0 Å². The second kappa shape index (κ2) is 9.04. The van der Waals surface area contributed by atoms with Gasteiger partial charge in [0.1, 0.15) is 5.75 Å². The van der Waals surface area contributed by atoms with Gasteiger partial charge in [0.25, 0.3) is 5.91 Å². The Morgan fingerprint density at radius 2 is 1.62 bits per heavy atom. The van der Waals surface area contributed by atoms with Crippen LogP contribution in [-0.4, -0.2) is 24.1 Å². The fourth-order valence-corrected chi connectivity index (χ4v) is 2.15. The first-order valence-corrected chi connectivity index (χ1v) is 8.74. The van der Waals surface area contributed by atoms with Crippen LogP contribution in [0.3, 0.4) is 0 Å². The van der Waals surface area contributed by atoms with Gasteiger partial charge in [-0.3, -0.25) is 4.79 Å². The summed E-state index contributed by atoms with van der Waals surface area (Å²) in [6.07, 6.45) is -0.0962. The summed E-state index contributed by atoms with van der Waals surface area (Å²) in [4.78, 5) is 24.2. The van der Waals surface area contributed by atoms with E-state index in [1.54, 1.807) is 31.2 Å². The molecule has 26 heavy (non-hydrogen) atoms. The van der Waals surface area contributed by atoms with Gasteiger partial charge in [-0.2, -0.15) is 0 Å². The molecule has 2 aromatic rings. The maximum Gasteiger partial charge on any atom is 0.347 e. The number of esters is 1. The molecule has 2 unspecified atom stereocenters. The van der Waals surface area contributed by atoms with E-state index in [9.17, 15) is 9.59 Å². The van der Waals surface area contributed by atoms with Gasteiger partial charge >= 0.3 is 5.97 Å². The molecule has 0 bridgehead atoms. The highest BCUT2D eigenvalue weighted by Crippen LogP contribution is 2.16. The smallest absolute Gasteiger partial charge is 0.347 e. The predicted molar refractivity (Wildman–Crippen MR) is 102 cm³/mol. The summed E-state index contributed by atoms with van der Waals surface area (Å²) < 4.78 is 10.8. The van der Waals surface area contributed by atoms with E-state index in [2.05, 4.69) is 5.32 Å². The van der Waals surface area contributed by atoms with E-state index in [4.69, 9.17) is 9.47 Å². The van der Waals surface area contributed by atoms with Crippen molar-refractivity contribution in [3.05, 3.63) is 59.7 Å². The molecule has 1 N–H and O–H groups in total. The van der Waals surface area contributed by atoms with Crippen LogP contribution in [0.15, 0.2) is 48.5 Å². The van der Waals surface area contributed by atoms with Gasteiger partial charge in [-0.1, -0.05) is 24.6 Å². The van der Waals surface area contributed by atoms with Crippen LogP contribution in [-0.2, 0) is 9.53 Å². The van der Waals surface area contributed by atoms with Crippen molar-refractivity contribution in [2.75, 3.05) is 5.32 Å². The number of carbonyl (C=O) groups is 2. The molecule has 0 saturated heterocycles. The van der Waals surface area contributed by atoms with Gasteiger partial charge in [0.2, 0.25) is 0 Å². The van der Waals surface area contributed by atoms with Gasteiger partial charge in [0.05, 0.1) is 6.10 Å². The quantitative estimate of drug-likeness (QED) is 0.750. The van der Waals surface area contributed by atoms with E-state index in [0.29, 0.717) is 11.3 Å². The highest BCUT2D eigenvalue weighted by atomic mass is 16.6. The van der Waals surface area contributed by atoms with Crippen molar-refractivity contribution in [3.8, 4) is 5.75 Å². The van der Waals surface area contributed by atoms with Crippen molar-refractivity contribution >= 4 is 17.6 Å². The van der Waals surface area contributed by atoms with Crippen molar-refractivity contribution in [3.63, 3.8) is 0 Å². The molecule has 5 heteroatoms. The lowest BCUT2D eigenvalue weighted by Crippen LogP contribution is -2.29. The Morgan fingerprint density at radius 1 is 1.00 bits per heavy atom. The average molecular weight is 355 g/mol. The van der Waals surface area contributed by atoms with Crippen LogP contribution in [0.25, 0.3) is 0 Å². The van der Waals surface area contributed by atoms with Gasteiger partial charge in [-0.15, -0.1) is 0 Å². The van der Waals surface area contributed by atoms with Crippen LogP contribution in [0.1, 0.15) is 43.1 Å². The van der Waals surface area contributed by atoms with Crippen LogP contribution >= 0.6 is 0 Å². The molecule has 0 aliphatic heterocycles. The van der Waals surface area contributed by atoms with Gasteiger partial charge in [0, 0.05) is 11.3 Å². The van der Waals surface area contributed by atoms with Gasteiger partial charge < -0.3 is 14.8 Å². The van der Waals surface area contributed by atoms with Crippen LogP contribution in [0.2, 0.25) is 0 Å². The lowest BCUT2D eigenvalue weighted by molar-refractivity contribution is -0.155. The third kappa shape index (κ3) is 5.62. The Labute approximate surface area is 154 Å². The van der Waals surface area contributed by atoms with Crippen molar-refractivity contribution in [2.24, 2.45) is 0 Å². The van der Waals surface area contributed by atoms with Crippen LogP contribution < -0.4 is 10.1 Å². The molecule has 2 rings (SSSR count). The highest BCUT2D eigenvalue weighted by Gasteiger charge is 2.18. The molecule has 2 aromatic carbocycles. The second-order valence-corrected chi connectivity index (χ2v) is 6.26. The molecule has 0 fully saturated rings. The summed E-state index contributed by atoms with van der Waals surface area (Å²) in [6.45, 7) is 7.42. The van der Waals surface area contributed by atoms with E-state index in [-0.39, 0.29) is 12.0 Å². The van der Waals surface area contributed by atoms with Gasteiger partial charge in [0.15, 0.2) is 6.10 Å². The summed E-state index contributed by atoms with van der Waals surface area (Å²) in [5, 5.41) is 2.84. The molecule has 5 nitrogen and oxygen atoms in total. The number of hydrogen-bond acceptors (Lipinski definition) is 4. The van der Waals surface area contributed by atoms with Crippen LogP contribution in [0.4, 0.5) is 5.69 Å². The summed E-state index contributed by atoms with van der Waals surface area (Å²) in [5.74, 6) is -0.101. The molecule has 0 spiro atoms. The largest absolute Gasteiger partial charge is 0.479 e. The zero-order valence-electron chi connectivity index (χ0n) is 15.6. The minimum atomic E-state index is -0.712. The number of rotatable bonds is 7. The summed E-state index contributed by atoms with van der Waals surface area (Å²) in [6, 6.07) is 14.2. The van der Waals surface area contributed by atoms with Crippen molar-refractivity contribution in [1.29, 1.82) is 0 Å². The monoisotopic (exact) mass is 355 g/mol. The van der Waals surface area contributed by atoms with Crippen LogP contribution in [0, 0.1) is 6.92 Å². The molecule has 0 radical (unpaired) electrons. The number of amides is 1.